The fourth-order valence-electron chi connectivity index (χ4n) is 2.06. The largest absolute Gasteiger partial charge is 0.485 e. The van der Waals surface area contributed by atoms with Crippen LogP contribution < -0.4 is 10.1 Å². The molecular weight excluding hydrogens is 190 g/mol. The number of aliphatic hydroxyl groups excluding tert-OH is 1. The first-order valence-electron chi connectivity index (χ1n) is 5.19. The Hall–Kier alpha value is -1.06. The molecule has 0 amide bonds. The highest BCUT2D eigenvalue weighted by atomic mass is 16.5. The molecule has 0 aliphatic carbocycles. The van der Waals surface area contributed by atoms with E-state index in [-0.39, 0.29) is 6.04 Å². The molecule has 1 aromatic carbocycles. The Kier molecular flexibility index (Phi) is 2.44. The van der Waals surface area contributed by atoms with Crippen molar-refractivity contribution in [2.75, 3.05) is 7.05 Å². The lowest BCUT2D eigenvalue weighted by molar-refractivity contribution is -0.0631. The maximum absolute atomic E-state index is 10.2. The van der Waals surface area contributed by atoms with Crippen LogP contribution in [0.15, 0.2) is 24.3 Å². The van der Waals surface area contributed by atoms with Gasteiger partial charge in [0.25, 0.3) is 0 Å². The van der Waals surface area contributed by atoms with Crippen molar-refractivity contribution >= 4 is 0 Å². The summed E-state index contributed by atoms with van der Waals surface area (Å²) in [5.41, 5.74) is 0.467. The van der Waals surface area contributed by atoms with Crippen LogP contribution in [0.25, 0.3) is 0 Å². The zero-order valence-corrected chi connectivity index (χ0v) is 9.32. The maximum Gasteiger partial charge on any atom is 0.131 e. The number of ether oxygens (including phenoxy) is 1. The van der Waals surface area contributed by atoms with Crippen LogP contribution in [-0.2, 0) is 0 Å². The molecule has 2 N–H and O–H groups in total. The van der Waals surface area contributed by atoms with Gasteiger partial charge in [-0.25, -0.2) is 0 Å². The number of hydrogen-bond donors (Lipinski definition) is 2. The summed E-state index contributed by atoms with van der Waals surface area (Å²) in [7, 11) is 1.85. The molecule has 3 heteroatoms. The molecule has 0 saturated carbocycles. The molecule has 0 radical (unpaired) electrons. The van der Waals surface area contributed by atoms with Gasteiger partial charge in [-0.05, 0) is 27.0 Å². The summed E-state index contributed by atoms with van der Waals surface area (Å²) in [6.45, 7) is 3.80. The minimum atomic E-state index is -0.554. The molecule has 82 valence electrons. The van der Waals surface area contributed by atoms with Crippen molar-refractivity contribution in [3.63, 3.8) is 0 Å². The third kappa shape index (κ3) is 1.62. The van der Waals surface area contributed by atoms with E-state index in [1.165, 1.54) is 0 Å². The molecule has 0 aromatic heterocycles. The first-order chi connectivity index (χ1) is 7.06. The van der Waals surface area contributed by atoms with Crippen LogP contribution in [0.5, 0.6) is 5.75 Å². The Balaban J connectivity index is 2.48. The minimum Gasteiger partial charge on any atom is -0.485 e. The summed E-state index contributed by atoms with van der Waals surface area (Å²) in [5, 5.41) is 13.3. The van der Waals surface area contributed by atoms with Crippen LogP contribution >= 0.6 is 0 Å². The topological polar surface area (TPSA) is 41.5 Å². The maximum atomic E-state index is 10.2. The van der Waals surface area contributed by atoms with E-state index in [0.717, 1.165) is 11.3 Å². The molecule has 2 rings (SSSR count). The molecular formula is C12H17NO2. The summed E-state index contributed by atoms with van der Waals surface area (Å²) in [4.78, 5) is 0. The molecule has 3 nitrogen and oxygen atoms in total. The molecule has 1 aliphatic heterocycles. The number of hydrogen-bond acceptors (Lipinski definition) is 3. The van der Waals surface area contributed by atoms with Crippen molar-refractivity contribution in [3.8, 4) is 5.75 Å². The molecule has 15 heavy (non-hydrogen) atoms. The molecule has 2 atom stereocenters. The van der Waals surface area contributed by atoms with E-state index >= 15 is 0 Å². The normalized spacial score (nSPS) is 28.0. The summed E-state index contributed by atoms with van der Waals surface area (Å²) in [6.07, 6.45) is -0.544. The van der Waals surface area contributed by atoms with Crippen molar-refractivity contribution in [1.29, 1.82) is 0 Å². The Bertz CT molecular complexity index is 362. The average molecular weight is 207 g/mol. The smallest absolute Gasteiger partial charge is 0.131 e. The van der Waals surface area contributed by atoms with E-state index in [1.54, 1.807) is 0 Å². The number of rotatable bonds is 1. The Labute approximate surface area is 90.1 Å². The summed E-state index contributed by atoms with van der Waals surface area (Å²) < 4.78 is 5.77. The van der Waals surface area contributed by atoms with Crippen LogP contribution in [0.1, 0.15) is 25.5 Å². The second-order valence-electron chi connectivity index (χ2n) is 4.45. The van der Waals surface area contributed by atoms with Gasteiger partial charge < -0.3 is 15.2 Å². The third-order valence-electron chi connectivity index (χ3n) is 2.97. The molecule has 0 saturated heterocycles. The molecule has 1 aliphatic rings. The average Bonchev–Trinajstić information content (AvgIpc) is 2.19. The van der Waals surface area contributed by atoms with E-state index in [4.69, 9.17) is 4.74 Å². The molecule has 2 unspecified atom stereocenters. The lowest BCUT2D eigenvalue weighted by Gasteiger charge is -2.41. The molecule has 0 bridgehead atoms. The van der Waals surface area contributed by atoms with E-state index in [9.17, 15) is 5.11 Å². The van der Waals surface area contributed by atoms with Crippen LogP contribution in [0.3, 0.4) is 0 Å². The quantitative estimate of drug-likeness (QED) is 0.733. The Morgan fingerprint density at radius 1 is 1.33 bits per heavy atom. The minimum absolute atomic E-state index is 0.0649. The SMILES string of the molecule is CNC1c2ccccc2OC(C)(C)C1O. The zero-order valence-electron chi connectivity index (χ0n) is 9.32. The van der Waals surface area contributed by atoms with Crippen molar-refractivity contribution in [2.45, 2.75) is 31.6 Å². The molecule has 1 heterocycles. The highest BCUT2D eigenvalue weighted by molar-refractivity contribution is 5.39. The monoisotopic (exact) mass is 207 g/mol. The van der Waals surface area contributed by atoms with Crippen molar-refractivity contribution < 1.29 is 9.84 Å². The van der Waals surface area contributed by atoms with E-state index in [2.05, 4.69) is 5.32 Å². The number of likely N-dealkylation sites (N-methyl/N-ethyl adjacent to an activating group) is 1. The van der Waals surface area contributed by atoms with Gasteiger partial charge >= 0.3 is 0 Å². The fourth-order valence-corrected chi connectivity index (χ4v) is 2.06. The lowest BCUT2D eigenvalue weighted by Crippen LogP contribution is -2.51. The summed E-state index contributed by atoms with van der Waals surface area (Å²) in [5.74, 6) is 0.854. The van der Waals surface area contributed by atoms with Crippen LogP contribution in [0, 0.1) is 0 Å². The Morgan fingerprint density at radius 2 is 2.00 bits per heavy atom. The van der Waals surface area contributed by atoms with E-state index in [0.29, 0.717) is 0 Å². The van der Waals surface area contributed by atoms with Gasteiger partial charge in [0.15, 0.2) is 0 Å². The van der Waals surface area contributed by atoms with Crippen molar-refractivity contribution in [3.05, 3.63) is 29.8 Å². The highest BCUT2D eigenvalue weighted by Gasteiger charge is 2.41. The number of nitrogens with one attached hydrogen (secondary N) is 1. The predicted octanol–water partition coefficient (Wildman–Crippen LogP) is 1.48. The van der Waals surface area contributed by atoms with Crippen LogP contribution in [0.4, 0.5) is 0 Å². The number of fused-ring (bicyclic) bond motifs is 1. The second kappa shape index (κ2) is 3.51. The predicted molar refractivity (Wildman–Crippen MR) is 59.0 cm³/mol. The highest BCUT2D eigenvalue weighted by Crippen LogP contribution is 2.39. The molecule has 0 fully saturated rings. The van der Waals surface area contributed by atoms with Gasteiger partial charge in [0.2, 0.25) is 0 Å². The molecule has 0 spiro atoms. The van der Waals surface area contributed by atoms with Gasteiger partial charge in [0, 0.05) is 5.56 Å². The standard InChI is InChI=1S/C12H17NO2/c1-12(2)11(14)10(13-3)8-6-4-5-7-9(8)15-12/h4-7,10-11,13-14H,1-3H3. The van der Waals surface area contributed by atoms with E-state index < -0.39 is 11.7 Å². The fraction of sp³-hybridized carbons (Fsp3) is 0.500. The van der Waals surface area contributed by atoms with Gasteiger partial charge in [0.05, 0.1) is 6.04 Å². The number of benzene rings is 1. The van der Waals surface area contributed by atoms with Gasteiger partial charge in [-0.3, -0.25) is 0 Å². The van der Waals surface area contributed by atoms with Gasteiger partial charge in [-0.2, -0.15) is 0 Å². The van der Waals surface area contributed by atoms with Gasteiger partial charge in [0.1, 0.15) is 17.5 Å². The zero-order chi connectivity index (χ0) is 11.1. The number of aliphatic hydroxyl groups is 1. The van der Waals surface area contributed by atoms with Crippen molar-refractivity contribution in [2.24, 2.45) is 0 Å². The van der Waals surface area contributed by atoms with E-state index in [1.807, 2.05) is 45.2 Å². The van der Waals surface area contributed by atoms with Gasteiger partial charge in [-0.15, -0.1) is 0 Å². The van der Waals surface area contributed by atoms with Crippen LogP contribution in [-0.4, -0.2) is 23.9 Å². The van der Waals surface area contributed by atoms with Crippen molar-refractivity contribution in [1.82, 2.24) is 5.32 Å². The first-order valence-corrected chi connectivity index (χ1v) is 5.19. The first kappa shape index (κ1) is 10.5. The second-order valence-corrected chi connectivity index (χ2v) is 4.45. The third-order valence-corrected chi connectivity index (χ3v) is 2.97. The van der Waals surface area contributed by atoms with Gasteiger partial charge in [-0.1, -0.05) is 18.2 Å². The summed E-state index contributed by atoms with van der Waals surface area (Å²) >= 11 is 0. The summed E-state index contributed by atoms with van der Waals surface area (Å²) in [6, 6.07) is 7.75. The number of para-hydroxylation sites is 1. The molecule has 1 aromatic rings. The van der Waals surface area contributed by atoms with Crippen LogP contribution in [0.2, 0.25) is 0 Å². The lowest BCUT2D eigenvalue weighted by atomic mass is 9.87. The Morgan fingerprint density at radius 3 is 2.67 bits per heavy atom.